The summed E-state index contributed by atoms with van der Waals surface area (Å²) < 4.78 is 11.9. The Labute approximate surface area is 205 Å². The monoisotopic (exact) mass is 492 g/mol. The van der Waals surface area contributed by atoms with Crippen molar-refractivity contribution in [3.63, 3.8) is 0 Å². The van der Waals surface area contributed by atoms with E-state index in [-0.39, 0.29) is 18.6 Å². The van der Waals surface area contributed by atoms with Gasteiger partial charge in [0.2, 0.25) is 5.95 Å². The van der Waals surface area contributed by atoms with Crippen LogP contribution in [0.3, 0.4) is 0 Å². The van der Waals surface area contributed by atoms with Crippen LogP contribution in [-0.2, 0) is 9.71 Å². The Morgan fingerprint density at radius 2 is 1.89 bits per heavy atom. The van der Waals surface area contributed by atoms with Crippen molar-refractivity contribution in [1.82, 2.24) is 15.3 Å². The van der Waals surface area contributed by atoms with Crippen LogP contribution < -0.4 is 21.1 Å². The van der Waals surface area contributed by atoms with Crippen LogP contribution in [-0.4, -0.2) is 50.8 Å². The van der Waals surface area contributed by atoms with Crippen molar-refractivity contribution in [3.05, 3.63) is 70.9 Å². The first-order chi connectivity index (χ1) is 16.6. The van der Waals surface area contributed by atoms with Gasteiger partial charge in [-0.2, -0.15) is 4.98 Å². The van der Waals surface area contributed by atoms with Gasteiger partial charge in [-0.15, -0.1) is 0 Å². The van der Waals surface area contributed by atoms with E-state index < -0.39 is 9.71 Å². The highest BCUT2D eigenvalue weighted by Gasteiger charge is 2.10. The molecule has 1 heterocycles. The number of aliphatic hydroxyl groups excluding tert-OH is 1. The highest BCUT2D eigenvalue weighted by Crippen LogP contribution is 2.20. The second kappa shape index (κ2) is 11.0. The van der Waals surface area contributed by atoms with E-state index in [0.29, 0.717) is 39.0 Å². The lowest BCUT2D eigenvalue weighted by atomic mass is 10.0. The number of aromatic nitrogens is 2. The summed E-state index contributed by atoms with van der Waals surface area (Å²) in [6.45, 7) is 3.63. The van der Waals surface area contributed by atoms with Crippen LogP contribution >= 0.6 is 0 Å². The lowest BCUT2D eigenvalue weighted by Gasteiger charge is -2.14. The molecule has 10 heteroatoms. The number of aryl methyl sites for hydroxylation is 1. The maximum atomic E-state index is 12.0. The van der Waals surface area contributed by atoms with Gasteiger partial charge in [0, 0.05) is 34.8 Å². The Morgan fingerprint density at radius 3 is 2.51 bits per heavy atom. The fourth-order valence-electron chi connectivity index (χ4n) is 3.00. The predicted octanol–water partition coefficient (Wildman–Crippen LogP) is 2.03. The minimum absolute atomic E-state index is 0.0994. The fraction of sp³-hybridized carbons (Fsp3) is 0.200. The zero-order valence-corrected chi connectivity index (χ0v) is 20.6. The van der Waals surface area contributed by atoms with Crippen LogP contribution in [0.2, 0.25) is 0 Å². The van der Waals surface area contributed by atoms with Gasteiger partial charge < -0.3 is 21.1 Å². The maximum Gasteiger partial charge on any atom is 0.251 e. The van der Waals surface area contributed by atoms with E-state index >= 15 is 0 Å². The molecule has 182 valence electrons. The molecule has 0 spiro atoms. The summed E-state index contributed by atoms with van der Waals surface area (Å²) in [6.07, 6.45) is 1.57. The second-order valence-corrected chi connectivity index (χ2v) is 9.84. The van der Waals surface area contributed by atoms with Gasteiger partial charge in [0.25, 0.3) is 5.91 Å². The molecule has 0 aliphatic heterocycles. The van der Waals surface area contributed by atoms with E-state index in [9.17, 15) is 14.1 Å². The Hall–Kier alpha value is -3.91. The topological polar surface area (TPSA) is 142 Å². The molecule has 0 aliphatic rings. The van der Waals surface area contributed by atoms with Crippen molar-refractivity contribution >= 4 is 38.9 Å². The molecule has 0 aliphatic carbocycles. The van der Waals surface area contributed by atoms with Crippen LogP contribution in [0.4, 0.5) is 17.5 Å². The van der Waals surface area contributed by atoms with E-state index in [0.717, 1.165) is 5.56 Å². The molecule has 6 N–H and O–H groups in total. The summed E-state index contributed by atoms with van der Waals surface area (Å²) in [5.41, 5.74) is 3.34. The van der Waals surface area contributed by atoms with Gasteiger partial charge in [-0.3, -0.25) is 9.93 Å². The van der Waals surface area contributed by atoms with E-state index in [1.165, 1.54) is 0 Å². The highest BCUT2D eigenvalue weighted by molar-refractivity contribution is 7.98. The predicted molar refractivity (Wildman–Crippen MR) is 140 cm³/mol. The molecule has 2 aromatic carbocycles. The SMILES string of the molecule is C=S(N)(=O)c1ccc(Nc2ncc(C#Cc3cc(C(=O)NC)ccc3C)c(N[C@H](C)CO)n2)cc1. The minimum atomic E-state index is -2.79. The summed E-state index contributed by atoms with van der Waals surface area (Å²) in [5, 5.41) is 23.9. The maximum absolute atomic E-state index is 12.0. The van der Waals surface area contributed by atoms with E-state index in [1.54, 1.807) is 49.6 Å². The molecule has 1 unspecified atom stereocenters. The molecule has 0 saturated heterocycles. The Balaban J connectivity index is 1.93. The van der Waals surface area contributed by atoms with E-state index in [4.69, 9.17) is 5.14 Å². The molecule has 2 atom stereocenters. The smallest absolute Gasteiger partial charge is 0.251 e. The number of nitrogens with zero attached hydrogens (tertiary/aromatic N) is 2. The third-order valence-corrected chi connectivity index (χ3v) is 6.08. The first kappa shape index (κ1) is 25.7. The normalized spacial score (nSPS) is 13.1. The molecule has 0 saturated carbocycles. The molecule has 1 amide bonds. The number of carbonyl (C=O) groups is 1. The van der Waals surface area contributed by atoms with Gasteiger partial charge >= 0.3 is 0 Å². The average Bonchev–Trinajstić information content (AvgIpc) is 2.83. The van der Waals surface area contributed by atoms with Crippen molar-refractivity contribution in [1.29, 1.82) is 0 Å². The Bertz CT molecular complexity index is 1390. The second-order valence-electron chi connectivity index (χ2n) is 7.92. The van der Waals surface area contributed by atoms with Gasteiger partial charge in [-0.25, -0.2) is 9.19 Å². The zero-order chi connectivity index (χ0) is 25.6. The largest absolute Gasteiger partial charge is 0.394 e. The molecule has 0 bridgehead atoms. The lowest BCUT2D eigenvalue weighted by Crippen LogP contribution is -2.21. The first-order valence-electron chi connectivity index (χ1n) is 10.7. The van der Waals surface area contributed by atoms with Crippen LogP contribution in [0.5, 0.6) is 0 Å². The first-order valence-corrected chi connectivity index (χ1v) is 12.5. The van der Waals surface area contributed by atoms with Crippen LogP contribution in [0.1, 0.15) is 34.0 Å². The molecule has 3 aromatic rings. The van der Waals surface area contributed by atoms with Crippen LogP contribution in [0.15, 0.2) is 53.6 Å². The molecule has 9 nitrogen and oxygen atoms in total. The zero-order valence-electron chi connectivity index (χ0n) is 19.8. The number of benzene rings is 2. The minimum Gasteiger partial charge on any atom is -0.394 e. The summed E-state index contributed by atoms with van der Waals surface area (Å²) in [4.78, 5) is 21.3. The number of rotatable bonds is 7. The van der Waals surface area contributed by atoms with E-state index in [1.807, 2.05) is 19.9 Å². The molecule has 1 aromatic heterocycles. The Kier molecular flexibility index (Phi) is 8.09. The molecular formula is C25H28N6O3S. The number of hydrogen-bond donors (Lipinski definition) is 5. The summed E-state index contributed by atoms with van der Waals surface area (Å²) >= 11 is 0. The molecule has 0 fully saturated rings. The lowest BCUT2D eigenvalue weighted by molar-refractivity contribution is 0.0963. The van der Waals surface area contributed by atoms with Gasteiger partial charge in [-0.05, 0) is 61.7 Å². The number of aliphatic hydroxyl groups is 1. The van der Waals surface area contributed by atoms with Crippen molar-refractivity contribution in [2.45, 2.75) is 24.8 Å². The third kappa shape index (κ3) is 6.80. The Morgan fingerprint density at radius 1 is 1.20 bits per heavy atom. The highest BCUT2D eigenvalue weighted by atomic mass is 32.2. The quantitative estimate of drug-likeness (QED) is 0.251. The van der Waals surface area contributed by atoms with Crippen molar-refractivity contribution in [2.24, 2.45) is 5.14 Å². The standard InChI is InChI=1S/C25H28N6O3S/c1-16-5-6-19(24(33)27-3)13-18(16)7-8-20-14-28-25(31-23(20)29-17(2)15-32)30-21-9-11-22(12-10-21)35(4,26)34/h5-6,9-14,17,32H,4,15H2,1-3H3,(H2,26,34)(H,27,33)(H2,28,29,30,31)/t17-,35?/m1/s1. The van der Waals surface area contributed by atoms with Crippen molar-refractivity contribution < 1.29 is 14.1 Å². The van der Waals surface area contributed by atoms with Crippen LogP contribution in [0.25, 0.3) is 0 Å². The number of carbonyl (C=O) groups excluding carboxylic acids is 1. The van der Waals surface area contributed by atoms with E-state index in [2.05, 4.69) is 43.6 Å². The molecule has 0 radical (unpaired) electrons. The number of nitrogens with one attached hydrogen (secondary N) is 3. The molecule has 35 heavy (non-hydrogen) atoms. The van der Waals surface area contributed by atoms with Crippen LogP contribution in [0, 0.1) is 18.8 Å². The van der Waals surface area contributed by atoms with Gasteiger partial charge in [0.1, 0.15) is 5.82 Å². The number of hydrogen-bond acceptors (Lipinski definition) is 7. The van der Waals surface area contributed by atoms with Gasteiger partial charge in [-0.1, -0.05) is 17.9 Å². The van der Waals surface area contributed by atoms with Gasteiger partial charge in [0.05, 0.1) is 28.1 Å². The fourth-order valence-corrected chi connectivity index (χ4v) is 3.59. The summed E-state index contributed by atoms with van der Waals surface area (Å²) in [5.74, 6) is 10.2. The number of anilines is 3. The average molecular weight is 493 g/mol. The molecule has 3 rings (SSSR count). The van der Waals surface area contributed by atoms with Gasteiger partial charge in [0.15, 0.2) is 0 Å². The van der Waals surface area contributed by atoms with Crippen molar-refractivity contribution in [3.8, 4) is 11.8 Å². The molecular weight excluding hydrogens is 464 g/mol. The number of amides is 1. The van der Waals surface area contributed by atoms with Crippen molar-refractivity contribution in [2.75, 3.05) is 24.3 Å². The number of nitrogens with two attached hydrogens (primary N) is 1. The summed E-state index contributed by atoms with van der Waals surface area (Å²) in [6, 6.07) is 11.7. The summed E-state index contributed by atoms with van der Waals surface area (Å²) in [7, 11) is -1.22. The third-order valence-electron chi connectivity index (χ3n) is 5.01.